The van der Waals surface area contributed by atoms with Crippen molar-refractivity contribution in [1.29, 1.82) is 0 Å². The summed E-state index contributed by atoms with van der Waals surface area (Å²) in [6.07, 6.45) is 4.60. The number of hydrogen-bond donors (Lipinski definition) is 2. The molecule has 3 N–H and O–H groups in total. The van der Waals surface area contributed by atoms with E-state index in [1.165, 1.54) is 0 Å². The first-order valence-electron chi connectivity index (χ1n) is 12.2. The number of unbranched alkanes of at least 4 members (excludes halogenated alkanes) is 1. The lowest BCUT2D eigenvalue weighted by Gasteiger charge is -2.18. The molecule has 2 aliphatic heterocycles. The largest absolute Gasteiger partial charge is 0.496 e. The molecular weight excluding hydrogens is 466 g/mol. The number of fused-ring (bicyclic) bond motifs is 2. The molecule has 0 saturated carbocycles. The van der Waals surface area contributed by atoms with Gasteiger partial charge in [0, 0.05) is 31.7 Å². The number of methoxy groups -OCH3 is 1. The fourth-order valence-corrected chi connectivity index (χ4v) is 7.47. The molecule has 0 unspecified atom stereocenters. The molecule has 0 bridgehead atoms. The predicted octanol–water partition coefficient (Wildman–Crippen LogP) is 2.30. The molecule has 0 radical (unpaired) electrons. The molecule has 4 heterocycles. The molecule has 10 nitrogen and oxygen atoms in total. The molecule has 3 aromatic rings. The van der Waals surface area contributed by atoms with Crippen LogP contribution in [0.1, 0.15) is 37.3 Å². The van der Waals surface area contributed by atoms with Crippen LogP contribution in [0.25, 0.3) is 11.0 Å². The normalized spacial score (nSPS) is 21.4. The van der Waals surface area contributed by atoms with Crippen molar-refractivity contribution >= 4 is 32.6 Å². The lowest BCUT2D eigenvalue weighted by atomic mass is 10.1. The Labute approximate surface area is 205 Å². The minimum absolute atomic E-state index is 0.201. The number of nitrogens with zero attached hydrogens (tertiary/aromatic N) is 5. The van der Waals surface area contributed by atoms with Crippen molar-refractivity contribution in [2.24, 2.45) is 5.92 Å². The van der Waals surface area contributed by atoms with Gasteiger partial charge in [0.1, 0.15) is 16.8 Å². The van der Waals surface area contributed by atoms with E-state index in [9.17, 15) is 8.42 Å². The van der Waals surface area contributed by atoms with Gasteiger partial charge in [-0.2, -0.15) is 10.1 Å². The molecular formula is C24H33N7O3S. The number of sulfone groups is 1. The summed E-state index contributed by atoms with van der Waals surface area (Å²) >= 11 is 0. The van der Waals surface area contributed by atoms with Crippen molar-refractivity contribution in [3.8, 4) is 5.75 Å². The Morgan fingerprint density at radius 2 is 2.09 bits per heavy atom. The lowest BCUT2D eigenvalue weighted by Crippen LogP contribution is -2.26. The third-order valence-corrected chi connectivity index (χ3v) is 9.36. The maximum atomic E-state index is 12.3. The number of rotatable bonds is 9. The molecule has 2 saturated heterocycles. The van der Waals surface area contributed by atoms with Crippen LogP contribution in [0.4, 0.5) is 11.8 Å². The zero-order valence-corrected chi connectivity index (χ0v) is 21.1. The maximum absolute atomic E-state index is 12.3. The van der Waals surface area contributed by atoms with Gasteiger partial charge in [-0.25, -0.2) is 13.4 Å². The minimum Gasteiger partial charge on any atom is -0.496 e. The fourth-order valence-electron chi connectivity index (χ4n) is 5.29. The van der Waals surface area contributed by atoms with Crippen molar-refractivity contribution in [3.63, 3.8) is 0 Å². The smallest absolute Gasteiger partial charge is 0.222 e. The van der Waals surface area contributed by atoms with Gasteiger partial charge in [-0.05, 0) is 30.4 Å². The molecule has 2 fully saturated rings. The van der Waals surface area contributed by atoms with Crippen LogP contribution >= 0.6 is 0 Å². The quantitative estimate of drug-likeness (QED) is 0.426. The van der Waals surface area contributed by atoms with Crippen LogP contribution in [-0.4, -0.2) is 70.8 Å². The van der Waals surface area contributed by atoms with Gasteiger partial charge in [-0.15, -0.1) is 0 Å². The Hall–Kier alpha value is -2.92. The first-order valence-corrected chi connectivity index (χ1v) is 13.9. The van der Waals surface area contributed by atoms with E-state index >= 15 is 0 Å². The van der Waals surface area contributed by atoms with Gasteiger partial charge in [0.2, 0.25) is 5.95 Å². The summed E-state index contributed by atoms with van der Waals surface area (Å²) in [5, 5.41) is 7.72. The van der Waals surface area contributed by atoms with Gasteiger partial charge in [-0.3, -0.25) is 9.58 Å². The van der Waals surface area contributed by atoms with E-state index in [2.05, 4.69) is 44.3 Å². The van der Waals surface area contributed by atoms with Gasteiger partial charge in [0.15, 0.2) is 15.7 Å². The van der Waals surface area contributed by atoms with E-state index in [1.54, 1.807) is 13.3 Å². The Morgan fingerprint density at radius 3 is 2.86 bits per heavy atom. The third-order valence-electron chi connectivity index (χ3n) is 7.10. The maximum Gasteiger partial charge on any atom is 0.222 e. The van der Waals surface area contributed by atoms with Crippen LogP contribution in [-0.2, 0) is 22.9 Å². The van der Waals surface area contributed by atoms with Crippen molar-refractivity contribution in [2.45, 2.75) is 44.5 Å². The second-order valence-electron chi connectivity index (χ2n) is 9.54. The van der Waals surface area contributed by atoms with Crippen molar-refractivity contribution in [3.05, 3.63) is 35.5 Å². The van der Waals surface area contributed by atoms with E-state index < -0.39 is 9.84 Å². The van der Waals surface area contributed by atoms with E-state index in [-0.39, 0.29) is 17.1 Å². The monoisotopic (exact) mass is 499 g/mol. The second-order valence-corrected chi connectivity index (χ2v) is 11.9. The number of likely N-dealkylation sites (tertiary alicyclic amines) is 1. The van der Waals surface area contributed by atoms with Crippen molar-refractivity contribution in [1.82, 2.24) is 24.6 Å². The summed E-state index contributed by atoms with van der Waals surface area (Å²) in [6, 6.07) is 6.18. The summed E-state index contributed by atoms with van der Waals surface area (Å²) in [4.78, 5) is 11.0. The molecule has 2 atom stereocenters. The Balaban J connectivity index is 1.35. The van der Waals surface area contributed by atoms with Gasteiger partial charge in [0.25, 0.3) is 0 Å². The van der Waals surface area contributed by atoms with E-state index in [1.807, 2.05) is 10.7 Å². The summed E-state index contributed by atoms with van der Waals surface area (Å²) in [5.74, 6) is 2.29. The molecule has 0 amide bonds. The summed E-state index contributed by atoms with van der Waals surface area (Å²) in [7, 11) is -1.26. The standard InChI is InChI=1S/C24H33N7O3S/c1-3-4-8-26-23-22-19(28-24(25)29-23)11-27-31(22)14-17-6-5-16(10-20(17)34-2)12-30-13-18-7-9-35(32,33)21(18)15-30/h5-6,10-11,18,21H,3-4,7-9,12-15H2,1-2H3,(H3,25,26,28,29)/t18-,21+/m1/s1. The summed E-state index contributed by atoms with van der Waals surface area (Å²) < 4.78 is 32.1. The SMILES string of the molecule is CCCCNc1nc(N)nc2cnn(Cc3ccc(CN4C[C@H]5CCS(=O)(=O)[C@H]5C4)cc3OC)c12. The third kappa shape index (κ3) is 4.79. The van der Waals surface area contributed by atoms with Gasteiger partial charge >= 0.3 is 0 Å². The Kier molecular flexibility index (Phi) is 6.54. The number of nitrogens with one attached hydrogen (secondary N) is 1. The van der Waals surface area contributed by atoms with Gasteiger partial charge in [-0.1, -0.05) is 25.5 Å². The number of benzene rings is 1. The fraction of sp³-hybridized carbons (Fsp3) is 0.542. The van der Waals surface area contributed by atoms with Crippen LogP contribution in [0.2, 0.25) is 0 Å². The zero-order chi connectivity index (χ0) is 24.6. The highest BCUT2D eigenvalue weighted by atomic mass is 32.2. The van der Waals surface area contributed by atoms with Gasteiger partial charge < -0.3 is 15.8 Å². The van der Waals surface area contributed by atoms with Crippen molar-refractivity contribution < 1.29 is 13.2 Å². The minimum atomic E-state index is -2.93. The number of aromatic nitrogens is 4. The highest BCUT2D eigenvalue weighted by Gasteiger charge is 2.45. The first kappa shape index (κ1) is 23.8. The van der Waals surface area contributed by atoms with Crippen LogP contribution < -0.4 is 15.8 Å². The highest BCUT2D eigenvalue weighted by molar-refractivity contribution is 7.92. The summed E-state index contributed by atoms with van der Waals surface area (Å²) in [5.41, 5.74) is 9.50. The number of nitrogens with two attached hydrogens (primary N) is 1. The average Bonchev–Trinajstić information content (AvgIpc) is 3.50. The zero-order valence-electron chi connectivity index (χ0n) is 20.3. The first-order chi connectivity index (χ1) is 16.9. The van der Waals surface area contributed by atoms with E-state index in [0.29, 0.717) is 36.7 Å². The predicted molar refractivity (Wildman–Crippen MR) is 136 cm³/mol. The molecule has 35 heavy (non-hydrogen) atoms. The molecule has 188 valence electrons. The Bertz CT molecular complexity index is 1320. The molecule has 0 aliphatic carbocycles. The molecule has 2 aliphatic rings. The highest BCUT2D eigenvalue weighted by Crippen LogP contribution is 2.34. The van der Waals surface area contributed by atoms with Crippen LogP contribution in [0.5, 0.6) is 5.75 Å². The van der Waals surface area contributed by atoms with Crippen LogP contribution in [0.15, 0.2) is 24.4 Å². The molecule has 2 aromatic heterocycles. The van der Waals surface area contributed by atoms with Crippen molar-refractivity contribution in [2.75, 3.05) is 43.5 Å². The van der Waals surface area contributed by atoms with Gasteiger partial charge in [0.05, 0.1) is 30.9 Å². The number of nitrogen functional groups attached to an aromatic ring is 1. The molecule has 11 heteroatoms. The number of ether oxygens (including phenoxy) is 1. The molecule has 0 spiro atoms. The Morgan fingerprint density at radius 1 is 1.23 bits per heavy atom. The van der Waals surface area contributed by atoms with E-state index in [0.717, 1.165) is 54.7 Å². The number of anilines is 2. The molecule has 5 rings (SSSR count). The molecule has 1 aromatic carbocycles. The number of hydrogen-bond acceptors (Lipinski definition) is 9. The van der Waals surface area contributed by atoms with E-state index in [4.69, 9.17) is 10.5 Å². The van der Waals surface area contributed by atoms with Crippen LogP contribution in [0, 0.1) is 5.92 Å². The topological polar surface area (TPSA) is 128 Å². The van der Waals surface area contributed by atoms with Crippen LogP contribution in [0.3, 0.4) is 0 Å². The average molecular weight is 500 g/mol. The lowest BCUT2D eigenvalue weighted by molar-refractivity contribution is 0.313. The second kappa shape index (κ2) is 9.62. The summed E-state index contributed by atoms with van der Waals surface area (Å²) in [6.45, 7) is 5.60.